The van der Waals surface area contributed by atoms with E-state index in [1.807, 2.05) is 18.2 Å². The Morgan fingerprint density at radius 3 is 2.14 bits per heavy atom. The molecule has 1 aromatic heterocycles. The number of carboxylic acids is 1. The number of aliphatic imine (C=N–C) groups is 1. The number of amides is 1. The Bertz CT molecular complexity index is 1510. The van der Waals surface area contributed by atoms with E-state index >= 15 is 0 Å². The van der Waals surface area contributed by atoms with E-state index in [2.05, 4.69) is 0 Å². The Morgan fingerprint density at radius 1 is 0.861 bits per heavy atom. The van der Waals surface area contributed by atoms with Crippen molar-refractivity contribution in [2.45, 2.75) is 0 Å². The van der Waals surface area contributed by atoms with E-state index in [0.29, 0.717) is 31.5 Å². The van der Waals surface area contributed by atoms with Crippen LogP contribution in [-0.2, 0) is 4.79 Å². The number of benzene rings is 3. The monoisotopic (exact) mass is 550 g/mol. The summed E-state index contributed by atoms with van der Waals surface area (Å²) in [7, 11) is 0. The summed E-state index contributed by atoms with van der Waals surface area (Å²) >= 11 is 14.9. The first-order valence-corrected chi connectivity index (χ1v) is 13.0. The fraction of sp³-hybridized carbons (Fsp3) is 0. The lowest BCUT2D eigenvalue weighted by atomic mass is 10.1. The van der Waals surface area contributed by atoms with Gasteiger partial charge in [-0.25, -0.2) is 9.79 Å². The predicted molar refractivity (Wildman–Crippen MR) is 150 cm³/mol. The first-order chi connectivity index (χ1) is 17.4. The van der Waals surface area contributed by atoms with Gasteiger partial charge in [-0.2, -0.15) is 0 Å². The molecule has 9 heteroatoms. The van der Waals surface area contributed by atoms with Crippen molar-refractivity contribution < 1.29 is 14.7 Å². The molecule has 0 unspecified atom stereocenters. The van der Waals surface area contributed by atoms with Gasteiger partial charge in [0.1, 0.15) is 0 Å². The number of rotatable bonds is 5. The fourth-order valence-corrected chi connectivity index (χ4v) is 5.76. The summed E-state index contributed by atoms with van der Waals surface area (Å²) in [6.07, 6.45) is 1.85. The Morgan fingerprint density at radius 2 is 1.50 bits per heavy atom. The maximum atomic E-state index is 13.5. The number of aromatic carboxylic acids is 1. The van der Waals surface area contributed by atoms with Gasteiger partial charge in [-0.15, -0.1) is 11.3 Å². The van der Waals surface area contributed by atoms with Gasteiger partial charge >= 0.3 is 5.97 Å². The van der Waals surface area contributed by atoms with Crippen molar-refractivity contribution in [3.05, 3.63) is 110 Å². The number of nitrogens with zero attached hydrogens (tertiary/aromatic N) is 2. The van der Waals surface area contributed by atoms with Crippen molar-refractivity contribution in [3.63, 3.8) is 0 Å². The summed E-state index contributed by atoms with van der Waals surface area (Å²) in [6, 6.07) is 24.7. The van der Waals surface area contributed by atoms with Crippen LogP contribution in [0.25, 0.3) is 16.5 Å². The standard InChI is InChI=1S/C27H16Cl2N2O3S2/c28-18-5-9-20(10-6-18)30-27-31(21-11-7-19(29)8-12-21)25(32)24(36-27)15-22-13-14-23(35-22)16-1-3-17(4-2-16)26(33)34/h1-15H,(H,33,34)/b24-15-,30-27?. The molecule has 3 aromatic carbocycles. The van der Waals surface area contributed by atoms with Crippen molar-refractivity contribution in [2.24, 2.45) is 4.99 Å². The predicted octanol–water partition coefficient (Wildman–Crippen LogP) is 8.23. The number of carbonyl (C=O) groups is 2. The average molecular weight is 551 g/mol. The fourth-order valence-electron chi connectivity index (χ4n) is 3.48. The van der Waals surface area contributed by atoms with Gasteiger partial charge in [-0.3, -0.25) is 9.69 Å². The number of thioether (sulfide) groups is 1. The zero-order valence-corrected chi connectivity index (χ0v) is 21.5. The van der Waals surface area contributed by atoms with Gasteiger partial charge in [-0.05, 0) is 96.2 Å². The number of hydrogen-bond acceptors (Lipinski definition) is 5. The quantitative estimate of drug-likeness (QED) is 0.254. The van der Waals surface area contributed by atoms with Crippen molar-refractivity contribution in [3.8, 4) is 10.4 Å². The molecular weight excluding hydrogens is 535 g/mol. The number of hydrogen-bond donors (Lipinski definition) is 1. The third kappa shape index (κ3) is 5.24. The van der Waals surface area contributed by atoms with E-state index in [9.17, 15) is 9.59 Å². The largest absolute Gasteiger partial charge is 0.478 e. The van der Waals surface area contributed by atoms with Crippen molar-refractivity contribution in [1.29, 1.82) is 0 Å². The highest BCUT2D eigenvalue weighted by Crippen LogP contribution is 2.39. The van der Waals surface area contributed by atoms with Gasteiger partial charge in [0, 0.05) is 19.8 Å². The lowest BCUT2D eigenvalue weighted by molar-refractivity contribution is -0.113. The smallest absolute Gasteiger partial charge is 0.335 e. The molecule has 1 fully saturated rings. The van der Waals surface area contributed by atoms with Gasteiger partial charge in [0.25, 0.3) is 5.91 Å². The maximum Gasteiger partial charge on any atom is 0.335 e. The SMILES string of the molecule is O=C(O)c1ccc(-c2ccc(/C=C3\SC(=Nc4ccc(Cl)cc4)N(c4ccc(Cl)cc4)C3=O)s2)cc1. The normalized spacial score (nSPS) is 15.7. The van der Waals surface area contributed by atoms with Crippen molar-refractivity contribution in [1.82, 2.24) is 0 Å². The number of carbonyl (C=O) groups excluding carboxylic acids is 1. The molecule has 1 saturated heterocycles. The maximum absolute atomic E-state index is 13.5. The van der Waals surface area contributed by atoms with Gasteiger partial charge < -0.3 is 5.11 Å². The summed E-state index contributed by atoms with van der Waals surface area (Å²) in [6.45, 7) is 0. The molecule has 1 N–H and O–H groups in total. The van der Waals surface area contributed by atoms with Crippen LogP contribution in [-0.4, -0.2) is 22.2 Å². The first-order valence-electron chi connectivity index (χ1n) is 10.6. The minimum Gasteiger partial charge on any atom is -0.478 e. The molecule has 0 spiro atoms. The van der Waals surface area contributed by atoms with Gasteiger partial charge in [-0.1, -0.05) is 35.3 Å². The third-order valence-corrected chi connectivity index (χ3v) is 7.81. The molecule has 0 radical (unpaired) electrons. The van der Waals surface area contributed by atoms with Crippen LogP contribution in [0.5, 0.6) is 0 Å². The molecule has 1 amide bonds. The van der Waals surface area contributed by atoms with E-state index in [1.54, 1.807) is 77.7 Å². The average Bonchev–Trinajstić information content (AvgIpc) is 3.46. The summed E-state index contributed by atoms with van der Waals surface area (Å²) in [5, 5.41) is 10.8. The second-order valence-electron chi connectivity index (χ2n) is 7.68. The summed E-state index contributed by atoms with van der Waals surface area (Å²) in [5.74, 6) is -1.15. The Kier molecular flexibility index (Phi) is 6.98. The molecule has 1 aliphatic heterocycles. The van der Waals surface area contributed by atoms with Crippen LogP contribution < -0.4 is 4.90 Å². The molecule has 4 aromatic rings. The van der Waals surface area contributed by atoms with Crippen LogP contribution in [0.1, 0.15) is 15.2 Å². The van der Waals surface area contributed by atoms with Crippen LogP contribution in [0.3, 0.4) is 0 Å². The van der Waals surface area contributed by atoms with Gasteiger partial charge in [0.15, 0.2) is 5.17 Å². The molecule has 0 atom stereocenters. The van der Waals surface area contributed by atoms with Crippen LogP contribution >= 0.6 is 46.3 Å². The van der Waals surface area contributed by atoms with Crippen LogP contribution in [0.4, 0.5) is 11.4 Å². The van der Waals surface area contributed by atoms with Crippen LogP contribution in [0.2, 0.25) is 10.0 Å². The molecular formula is C27H16Cl2N2O3S2. The third-order valence-electron chi connectivity index (χ3n) is 5.26. The van der Waals surface area contributed by atoms with E-state index in [1.165, 1.54) is 23.1 Å². The highest BCUT2D eigenvalue weighted by Gasteiger charge is 2.35. The van der Waals surface area contributed by atoms with Gasteiger partial charge in [0.2, 0.25) is 0 Å². The molecule has 178 valence electrons. The number of carboxylic acid groups (broad SMARTS) is 1. The van der Waals surface area contributed by atoms with E-state index in [0.717, 1.165) is 15.3 Å². The lowest BCUT2D eigenvalue weighted by Gasteiger charge is -2.15. The molecule has 0 bridgehead atoms. The first kappa shape index (κ1) is 24.3. The lowest BCUT2D eigenvalue weighted by Crippen LogP contribution is -2.28. The zero-order valence-electron chi connectivity index (χ0n) is 18.4. The Hall–Kier alpha value is -3.36. The molecule has 2 heterocycles. The second-order valence-corrected chi connectivity index (χ2v) is 10.7. The zero-order chi connectivity index (χ0) is 25.2. The number of halogens is 2. The van der Waals surface area contributed by atoms with E-state index in [-0.39, 0.29) is 11.5 Å². The number of amidine groups is 1. The van der Waals surface area contributed by atoms with Crippen molar-refractivity contribution >= 4 is 80.8 Å². The minimum atomic E-state index is -0.962. The molecule has 36 heavy (non-hydrogen) atoms. The highest BCUT2D eigenvalue weighted by molar-refractivity contribution is 8.19. The summed E-state index contributed by atoms with van der Waals surface area (Å²) in [4.78, 5) is 33.3. The van der Waals surface area contributed by atoms with E-state index in [4.69, 9.17) is 33.3 Å². The highest BCUT2D eigenvalue weighted by atomic mass is 35.5. The molecule has 0 saturated carbocycles. The van der Waals surface area contributed by atoms with Gasteiger partial charge in [0.05, 0.1) is 21.8 Å². The minimum absolute atomic E-state index is 0.184. The van der Waals surface area contributed by atoms with Crippen molar-refractivity contribution in [2.75, 3.05) is 4.90 Å². The Labute approximate surface area is 225 Å². The topological polar surface area (TPSA) is 70.0 Å². The summed E-state index contributed by atoms with van der Waals surface area (Å²) in [5.41, 5.74) is 2.49. The summed E-state index contributed by atoms with van der Waals surface area (Å²) < 4.78 is 0. The van der Waals surface area contributed by atoms with E-state index < -0.39 is 5.97 Å². The van der Waals surface area contributed by atoms with Crippen LogP contribution in [0.15, 0.2) is 94.8 Å². The molecule has 5 rings (SSSR count). The molecule has 5 nitrogen and oxygen atoms in total. The molecule has 0 aliphatic carbocycles. The number of anilines is 1. The second kappa shape index (κ2) is 10.3. The molecule has 1 aliphatic rings. The Balaban J connectivity index is 1.48. The number of thiophene rings is 1. The van der Waals surface area contributed by atoms with Crippen LogP contribution in [0, 0.1) is 0 Å².